The maximum atomic E-state index is 14.0. The lowest BCUT2D eigenvalue weighted by atomic mass is 9.89. The minimum absolute atomic E-state index is 0.00868. The Labute approximate surface area is 172 Å². The number of hydrogen-bond acceptors (Lipinski definition) is 2. The van der Waals surface area contributed by atoms with Gasteiger partial charge < -0.3 is 9.80 Å². The van der Waals surface area contributed by atoms with Crippen LogP contribution < -0.4 is 0 Å². The van der Waals surface area contributed by atoms with Crippen LogP contribution in [0.1, 0.15) is 28.3 Å². The van der Waals surface area contributed by atoms with Crippen molar-refractivity contribution in [1.82, 2.24) is 14.7 Å². The molecule has 0 aromatic heterocycles. The van der Waals surface area contributed by atoms with Gasteiger partial charge in [-0.2, -0.15) is 0 Å². The maximum absolute atomic E-state index is 14.0. The number of halogens is 1. The Balaban J connectivity index is 1.56. The van der Waals surface area contributed by atoms with Crippen molar-refractivity contribution in [3.8, 4) is 0 Å². The summed E-state index contributed by atoms with van der Waals surface area (Å²) in [5, 5.41) is 0. The molecular formula is C24H30FN3O. The van der Waals surface area contributed by atoms with Crippen LogP contribution in [-0.2, 0) is 6.54 Å². The fourth-order valence-corrected chi connectivity index (χ4v) is 5.00. The van der Waals surface area contributed by atoms with Crippen LogP contribution in [-0.4, -0.2) is 54.5 Å². The number of urea groups is 1. The van der Waals surface area contributed by atoms with Crippen molar-refractivity contribution >= 4 is 6.03 Å². The molecule has 0 N–H and O–H groups in total. The highest BCUT2D eigenvalue weighted by molar-refractivity contribution is 5.75. The quantitative estimate of drug-likeness (QED) is 0.778. The lowest BCUT2D eigenvalue weighted by Crippen LogP contribution is -2.41. The molecular weight excluding hydrogens is 365 g/mol. The van der Waals surface area contributed by atoms with Gasteiger partial charge in [-0.3, -0.25) is 4.90 Å². The number of benzene rings is 2. The van der Waals surface area contributed by atoms with Crippen molar-refractivity contribution in [2.24, 2.45) is 11.8 Å². The molecule has 3 atom stereocenters. The number of carbonyl (C=O) groups excluding carboxylic acids is 1. The standard InChI is InChI=1S/C24H30FN3O/c1-16-8-9-18(10-17(16)2)12-27-13-20-14-28(24(29)26(3)4)23(22(20)15-27)19-6-5-7-21(25)11-19/h5-11,20,22-23H,12-15H2,1-4H3/t20-,22-,23-/m1/s1. The molecule has 0 spiro atoms. The minimum Gasteiger partial charge on any atom is -0.331 e. The van der Waals surface area contributed by atoms with Crippen LogP contribution in [0, 0.1) is 31.5 Å². The van der Waals surface area contributed by atoms with Crippen molar-refractivity contribution in [2.45, 2.75) is 26.4 Å². The van der Waals surface area contributed by atoms with Gasteiger partial charge in [0.1, 0.15) is 5.82 Å². The summed E-state index contributed by atoms with van der Waals surface area (Å²) < 4.78 is 14.0. The highest BCUT2D eigenvalue weighted by Crippen LogP contribution is 2.45. The Bertz CT molecular complexity index is 913. The van der Waals surface area contributed by atoms with Crippen molar-refractivity contribution in [3.63, 3.8) is 0 Å². The van der Waals surface area contributed by atoms with E-state index in [1.54, 1.807) is 31.1 Å². The third-order valence-corrected chi connectivity index (χ3v) is 6.54. The molecule has 4 nitrogen and oxygen atoms in total. The van der Waals surface area contributed by atoms with E-state index in [2.05, 4.69) is 36.9 Å². The minimum atomic E-state index is -0.242. The fourth-order valence-electron chi connectivity index (χ4n) is 5.00. The third kappa shape index (κ3) is 3.88. The topological polar surface area (TPSA) is 26.8 Å². The molecule has 2 aliphatic heterocycles. The molecule has 0 aliphatic carbocycles. The summed E-state index contributed by atoms with van der Waals surface area (Å²) in [5.41, 5.74) is 4.87. The Kier molecular flexibility index (Phi) is 5.34. The van der Waals surface area contributed by atoms with E-state index in [1.807, 2.05) is 11.0 Å². The summed E-state index contributed by atoms with van der Waals surface area (Å²) >= 11 is 0. The van der Waals surface area contributed by atoms with Crippen LogP contribution in [0.4, 0.5) is 9.18 Å². The average molecular weight is 396 g/mol. The number of amides is 2. The van der Waals surface area contributed by atoms with Gasteiger partial charge in [0.05, 0.1) is 6.04 Å². The zero-order valence-corrected chi connectivity index (χ0v) is 17.7. The summed E-state index contributed by atoms with van der Waals surface area (Å²) in [6.45, 7) is 7.84. The highest BCUT2D eigenvalue weighted by atomic mass is 19.1. The zero-order valence-electron chi connectivity index (χ0n) is 17.7. The number of aryl methyl sites for hydroxylation is 2. The third-order valence-electron chi connectivity index (χ3n) is 6.54. The number of fused-ring (bicyclic) bond motifs is 1. The second kappa shape index (κ2) is 7.79. The lowest BCUT2D eigenvalue weighted by molar-refractivity contribution is 0.151. The van der Waals surface area contributed by atoms with Gasteiger partial charge in [-0.15, -0.1) is 0 Å². The largest absolute Gasteiger partial charge is 0.331 e. The van der Waals surface area contributed by atoms with Gasteiger partial charge in [-0.25, -0.2) is 9.18 Å². The molecule has 2 saturated heterocycles. The molecule has 0 bridgehead atoms. The molecule has 2 amide bonds. The summed E-state index contributed by atoms with van der Waals surface area (Å²) in [6, 6.07) is 13.4. The molecule has 154 valence electrons. The molecule has 29 heavy (non-hydrogen) atoms. The Morgan fingerprint density at radius 1 is 1.07 bits per heavy atom. The predicted octanol–water partition coefficient (Wildman–Crippen LogP) is 4.23. The second-order valence-electron chi connectivity index (χ2n) is 8.87. The van der Waals surface area contributed by atoms with E-state index in [0.717, 1.165) is 31.7 Å². The molecule has 2 aromatic rings. The van der Waals surface area contributed by atoms with E-state index in [9.17, 15) is 9.18 Å². The molecule has 2 heterocycles. The van der Waals surface area contributed by atoms with Crippen molar-refractivity contribution in [2.75, 3.05) is 33.7 Å². The predicted molar refractivity (Wildman–Crippen MR) is 113 cm³/mol. The molecule has 2 aromatic carbocycles. The number of likely N-dealkylation sites (tertiary alicyclic amines) is 2. The number of carbonyl (C=O) groups is 1. The van der Waals surface area contributed by atoms with Gasteiger partial charge in [-0.05, 0) is 54.2 Å². The van der Waals surface area contributed by atoms with E-state index >= 15 is 0 Å². The lowest BCUT2D eigenvalue weighted by Gasteiger charge is -2.32. The van der Waals surface area contributed by atoms with Crippen molar-refractivity contribution in [3.05, 3.63) is 70.5 Å². The Morgan fingerprint density at radius 2 is 1.86 bits per heavy atom. The van der Waals surface area contributed by atoms with Gasteiger partial charge in [0.2, 0.25) is 0 Å². The first-order valence-electron chi connectivity index (χ1n) is 10.4. The average Bonchev–Trinajstić information content (AvgIpc) is 3.21. The van der Waals surface area contributed by atoms with Gasteiger partial charge in [0, 0.05) is 46.2 Å². The first-order chi connectivity index (χ1) is 13.8. The van der Waals surface area contributed by atoms with Crippen LogP contribution >= 0.6 is 0 Å². The van der Waals surface area contributed by atoms with Crippen LogP contribution in [0.15, 0.2) is 42.5 Å². The second-order valence-corrected chi connectivity index (χ2v) is 8.87. The number of nitrogens with zero attached hydrogens (tertiary/aromatic N) is 3. The highest BCUT2D eigenvalue weighted by Gasteiger charge is 2.49. The van der Waals surface area contributed by atoms with Gasteiger partial charge in [0.15, 0.2) is 0 Å². The smallest absolute Gasteiger partial charge is 0.320 e. The fraction of sp³-hybridized carbons (Fsp3) is 0.458. The molecule has 0 unspecified atom stereocenters. The van der Waals surface area contributed by atoms with Crippen LogP contribution in [0.25, 0.3) is 0 Å². The van der Waals surface area contributed by atoms with E-state index in [4.69, 9.17) is 0 Å². The molecule has 0 radical (unpaired) electrons. The maximum Gasteiger partial charge on any atom is 0.320 e. The van der Waals surface area contributed by atoms with Gasteiger partial charge in [-0.1, -0.05) is 30.3 Å². The first kappa shape index (κ1) is 19.9. The monoisotopic (exact) mass is 395 g/mol. The molecule has 2 fully saturated rings. The van der Waals surface area contributed by atoms with E-state index < -0.39 is 0 Å². The number of hydrogen-bond donors (Lipinski definition) is 0. The van der Waals surface area contributed by atoms with Crippen LogP contribution in [0.3, 0.4) is 0 Å². The van der Waals surface area contributed by atoms with Gasteiger partial charge >= 0.3 is 6.03 Å². The first-order valence-corrected chi connectivity index (χ1v) is 10.4. The molecule has 4 rings (SSSR count). The van der Waals surface area contributed by atoms with E-state index in [0.29, 0.717) is 11.8 Å². The summed E-state index contributed by atoms with van der Waals surface area (Å²) in [7, 11) is 3.57. The van der Waals surface area contributed by atoms with Crippen molar-refractivity contribution in [1.29, 1.82) is 0 Å². The van der Waals surface area contributed by atoms with Crippen molar-refractivity contribution < 1.29 is 9.18 Å². The molecule has 5 heteroatoms. The van der Waals surface area contributed by atoms with E-state index in [1.165, 1.54) is 22.8 Å². The molecule has 2 aliphatic rings. The molecule has 0 saturated carbocycles. The van der Waals surface area contributed by atoms with Crippen LogP contribution in [0.5, 0.6) is 0 Å². The normalized spacial score (nSPS) is 24.0. The van der Waals surface area contributed by atoms with Gasteiger partial charge in [0.25, 0.3) is 0 Å². The number of rotatable bonds is 3. The Morgan fingerprint density at radius 3 is 2.55 bits per heavy atom. The SMILES string of the molecule is Cc1ccc(CN2C[C@@H]3CN(C(=O)N(C)C)[C@H](c4cccc(F)c4)[C@@H]3C2)cc1C. The Hall–Kier alpha value is -2.40. The summed E-state index contributed by atoms with van der Waals surface area (Å²) in [4.78, 5) is 18.9. The zero-order chi connectivity index (χ0) is 20.7. The summed E-state index contributed by atoms with van der Waals surface area (Å²) in [5.74, 6) is 0.499. The van der Waals surface area contributed by atoms with E-state index in [-0.39, 0.29) is 17.9 Å². The summed E-state index contributed by atoms with van der Waals surface area (Å²) in [6.07, 6.45) is 0. The van der Waals surface area contributed by atoms with Crippen LogP contribution in [0.2, 0.25) is 0 Å².